The highest BCUT2D eigenvalue weighted by Gasteiger charge is 2.14. The molecule has 0 aromatic heterocycles. The van der Waals surface area contributed by atoms with Gasteiger partial charge in [-0.05, 0) is 58.2 Å². The van der Waals surface area contributed by atoms with Crippen molar-refractivity contribution < 1.29 is 8.78 Å². The third-order valence-corrected chi connectivity index (χ3v) is 4.01. The van der Waals surface area contributed by atoms with Gasteiger partial charge in [0.25, 0.3) is 0 Å². The molecule has 0 spiro atoms. The van der Waals surface area contributed by atoms with Crippen LogP contribution in [0.2, 0.25) is 0 Å². The smallest absolute Gasteiger partial charge is 0.137 e. The molecule has 2 N–H and O–H groups in total. The zero-order valence-electron chi connectivity index (χ0n) is 10.2. The Morgan fingerprint density at radius 1 is 1.05 bits per heavy atom. The van der Waals surface area contributed by atoms with E-state index in [0.717, 1.165) is 11.1 Å². The summed E-state index contributed by atoms with van der Waals surface area (Å²) < 4.78 is 26.8. The van der Waals surface area contributed by atoms with E-state index < -0.39 is 0 Å². The van der Waals surface area contributed by atoms with Gasteiger partial charge in [-0.25, -0.2) is 8.78 Å². The summed E-state index contributed by atoms with van der Waals surface area (Å²) >= 11 is 3.25. The Bertz CT molecular complexity index is 555. The van der Waals surface area contributed by atoms with Crippen molar-refractivity contribution in [3.05, 3.63) is 69.7 Å². The van der Waals surface area contributed by atoms with E-state index in [9.17, 15) is 8.78 Å². The van der Waals surface area contributed by atoms with E-state index in [1.165, 1.54) is 18.2 Å². The van der Waals surface area contributed by atoms with Gasteiger partial charge in [0.15, 0.2) is 0 Å². The SMILES string of the molecule is NCC(Cc1cccc(F)c1Br)c1ccc(F)cc1. The number of rotatable bonds is 4. The molecule has 0 fully saturated rings. The zero-order chi connectivity index (χ0) is 13.8. The molecule has 2 aromatic carbocycles. The molecule has 0 amide bonds. The molecule has 0 aliphatic rings. The van der Waals surface area contributed by atoms with Crippen molar-refractivity contribution in [1.82, 2.24) is 0 Å². The van der Waals surface area contributed by atoms with E-state index in [0.29, 0.717) is 17.4 Å². The Morgan fingerprint density at radius 2 is 1.74 bits per heavy atom. The average Bonchev–Trinajstić information content (AvgIpc) is 2.42. The van der Waals surface area contributed by atoms with Gasteiger partial charge in [-0.1, -0.05) is 24.3 Å². The normalized spacial score (nSPS) is 12.4. The summed E-state index contributed by atoms with van der Waals surface area (Å²) in [5, 5.41) is 0. The second-order valence-electron chi connectivity index (χ2n) is 4.40. The van der Waals surface area contributed by atoms with Gasteiger partial charge in [0.2, 0.25) is 0 Å². The van der Waals surface area contributed by atoms with Crippen LogP contribution >= 0.6 is 15.9 Å². The van der Waals surface area contributed by atoms with Gasteiger partial charge in [0.05, 0.1) is 4.47 Å². The quantitative estimate of drug-likeness (QED) is 0.903. The van der Waals surface area contributed by atoms with Crippen molar-refractivity contribution in [2.45, 2.75) is 12.3 Å². The van der Waals surface area contributed by atoms with Crippen molar-refractivity contribution in [2.24, 2.45) is 5.73 Å². The van der Waals surface area contributed by atoms with Gasteiger partial charge in [0, 0.05) is 5.92 Å². The van der Waals surface area contributed by atoms with Crippen LogP contribution in [0.5, 0.6) is 0 Å². The molecule has 1 nitrogen and oxygen atoms in total. The van der Waals surface area contributed by atoms with E-state index in [-0.39, 0.29) is 17.6 Å². The molecule has 2 rings (SSSR count). The molecule has 0 radical (unpaired) electrons. The lowest BCUT2D eigenvalue weighted by Crippen LogP contribution is -2.15. The first-order valence-electron chi connectivity index (χ1n) is 6.00. The van der Waals surface area contributed by atoms with Gasteiger partial charge in [-0.2, -0.15) is 0 Å². The van der Waals surface area contributed by atoms with Crippen molar-refractivity contribution in [3.63, 3.8) is 0 Å². The summed E-state index contributed by atoms with van der Waals surface area (Å²) in [7, 11) is 0. The lowest BCUT2D eigenvalue weighted by molar-refractivity contribution is 0.611. The van der Waals surface area contributed by atoms with Gasteiger partial charge < -0.3 is 5.73 Å². The Hall–Kier alpha value is -1.26. The topological polar surface area (TPSA) is 26.0 Å². The molecule has 100 valence electrons. The Kier molecular flexibility index (Phi) is 4.66. The predicted octanol–water partition coefficient (Wildman–Crippen LogP) is 4.01. The minimum Gasteiger partial charge on any atom is -0.330 e. The van der Waals surface area contributed by atoms with Crippen LogP contribution in [0, 0.1) is 11.6 Å². The lowest BCUT2D eigenvalue weighted by atomic mass is 9.92. The fourth-order valence-electron chi connectivity index (χ4n) is 2.04. The van der Waals surface area contributed by atoms with E-state index in [4.69, 9.17) is 5.73 Å². The number of hydrogen-bond acceptors (Lipinski definition) is 1. The first kappa shape index (κ1) is 14.2. The molecule has 0 heterocycles. The van der Waals surface area contributed by atoms with Crippen LogP contribution in [0.3, 0.4) is 0 Å². The molecule has 2 aromatic rings. The van der Waals surface area contributed by atoms with Crippen molar-refractivity contribution in [3.8, 4) is 0 Å². The van der Waals surface area contributed by atoms with Gasteiger partial charge >= 0.3 is 0 Å². The summed E-state index contributed by atoms with van der Waals surface area (Å²) in [6, 6.07) is 11.2. The Labute approximate surface area is 119 Å². The van der Waals surface area contributed by atoms with Crippen molar-refractivity contribution >= 4 is 15.9 Å². The standard InChI is InChI=1S/C15H14BrF2N/c16-15-11(2-1-3-14(15)18)8-12(9-19)10-4-6-13(17)7-5-10/h1-7,12H,8-9,19H2. The second-order valence-corrected chi connectivity index (χ2v) is 5.19. The van der Waals surface area contributed by atoms with E-state index >= 15 is 0 Å². The zero-order valence-corrected chi connectivity index (χ0v) is 11.8. The number of halogens is 3. The highest BCUT2D eigenvalue weighted by molar-refractivity contribution is 9.10. The molecular formula is C15H14BrF2N. The maximum Gasteiger partial charge on any atom is 0.137 e. The van der Waals surface area contributed by atoms with E-state index in [2.05, 4.69) is 15.9 Å². The third-order valence-electron chi connectivity index (χ3n) is 3.12. The van der Waals surface area contributed by atoms with Crippen molar-refractivity contribution in [1.29, 1.82) is 0 Å². The second kappa shape index (κ2) is 6.26. The van der Waals surface area contributed by atoms with E-state index in [1.807, 2.05) is 6.07 Å². The first-order valence-corrected chi connectivity index (χ1v) is 6.79. The monoisotopic (exact) mass is 325 g/mol. The van der Waals surface area contributed by atoms with Gasteiger partial charge in [-0.15, -0.1) is 0 Å². The van der Waals surface area contributed by atoms with E-state index in [1.54, 1.807) is 18.2 Å². The highest BCUT2D eigenvalue weighted by atomic mass is 79.9. The minimum absolute atomic E-state index is 0.0405. The summed E-state index contributed by atoms with van der Waals surface area (Å²) in [6.07, 6.45) is 0.612. The van der Waals surface area contributed by atoms with Gasteiger partial charge in [0.1, 0.15) is 11.6 Å². The largest absolute Gasteiger partial charge is 0.330 e. The average molecular weight is 326 g/mol. The fraction of sp³-hybridized carbons (Fsp3) is 0.200. The minimum atomic E-state index is -0.285. The molecule has 19 heavy (non-hydrogen) atoms. The van der Waals surface area contributed by atoms with Crippen LogP contribution in [0.25, 0.3) is 0 Å². The molecule has 0 aliphatic carbocycles. The molecule has 0 saturated carbocycles. The number of nitrogens with two attached hydrogens (primary N) is 1. The first-order chi connectivity index (χ1) is 9.11. The molecule has 0 bridgehead atoms. The summed E-state index contributed by atoms with van der Waals surface area (Å²) in [4.78, 5) is 0. The maximum atomic E-state index is 13.5. The summed E-state index contributed by atoms with van der Waals surface area (Å²) in [5.41, 5.74) is 7.60. The fourth-order valence-corrected chi connectivity index (χ4v) is 2.47. The van der Waals surface area contributed by atoms with Crippen LogP contribution in [-0.2, 0) is 6.42 Å². The molecule has 0 aliphatic heterocycles. The molecule has 4 heteroatoms. The molecule has 0 saturated heterocycles. The maximum absolute atomic E-state index is 13.5. The van der Waals surface area contributed by atoms with Crippen LogP contribution in [0.4, 0.5) is 8.78 Å². The van der Waals surface area contributed by atoms with Crippen LogP contribution < -0.4 is 5.73 Å². The molecule has 1 unspecified atom stereocenters. The van der Waals surface area contributed by atoms with Crippen LogP contribution in [0.1, 0.15) is 17.0 Å². The van der Waals surface area contributed by atoms with Gasteiger partial charge in [-0.3, -0.25) is 0 Å². The molecule has 1 atom stereocenters. The summed E-state index contributed by atoms with van der Waals surface area (Å²) in [6.45, 7) is 0.425. The Balaban J connectivity index is 2.24. The summed E-state index contributed by atoms with van der Waals surface area (Å²) in [5.74, 6) is -0.516. The van der Waals surface area contributed by atoms with Crippen LogP contribution in [-0.4, -0.2) is 6.54 Å². The number of hydrogen-bond donors (Lipinski definition) is 1. The van der Waals surface area contributed by atoms with Crippen LogP contribution in [0.15, 0.2) is 46.9 Å². The number of benzene rings is 2. The van der Waals surface area contributed by atoms with Crippen molar-refractivity contribution in [2.75, 3.05) is 6.54 Å². The lowest BCUT2D eigenvalue weighted by Gasteiger charge is -2.16. The highest BCUT2D eigenvalue weighted by Crippen LogP contribution is 2.27. The third kappa shape index (κ3) is 3.39. The predicted molar refractivity (Wildman–Crippen MR) is 76.0 cm³/mol. The Morgan fingerprint density at radius 3 is 2.37 bits per heavy atom. The molecular weight excluding hydrogens is 312 g/mol.